The zero-order chi connectivity index (χ0) is 20.0. The Morgan fingerprint density at radius 2 is 1.97 bits per heavy atom. The predicted molar refractivity (Wildman–Crippen MR) is 109 cm³/mol. The van der Waals surface area contributed by atoms with Crippen molar-refractivity contribution >= 4 is 22.4 Å². The van der Waals surface area contributed by atoms with E-state index < -0.39 is 0 Å². The summed E-state index contributed by atoms with van der Waals surface area (Å²) >= 11 is 0. The first kappa shape index (κ1) is 17.6. The van der Waals surface area contributed by atoms with Crippen LogP contribution in [0.2, 0.25) is 0 Å². The third-order valence-electron chi connectivity index (χ3n) is 5.45. The molecule has 1 saturated carbocycles. The van der Waals surface area contributed by atoms with Gasteiger partial charge in [-0.1, -0.05) is 0 Å². The maximum absolute atomic E-state index is 12.7. The molecule has 0 amide bonds. The lowest BCUT2D eigenvalue weighted by molar-refractivity contribution is 0.171. The van der Waals surface area contributed by atoms with Crippen LogP contribution in [0.25, 0.3) is 11.0 Å². The number of hydrogen-bond donors (Lipinski definition) is 0. The van der Waals surface area contributed by atoms with Crippen LogP contribution in [0.4, 0.5) is 11.4 Å². The third kappa shape index (κ3) is 3.17. The van der Waals surface area contributed by atoms with E-state index >= 15 is 0 Å². The number of rotatable bonds is 4. The van der Waals surface area contributed by atoms with Gasteiger partial charge in [-0.25, -0.2) is 4.98 Å². The van der Waals surface area contributed by atoms with Crippen molar-refractivity contribution in [3.8, 4) is 17.6 Å². The lowest BCUT2D eigenvalue weighted by atomic mass is 10.1. The second-order valence-electron chi connectivity index (χ2n) is 7.48. The van der Waals surface area contributed by atoms with Crippen molar-refractivity contribution in [2.45, 2.75) is 12.8 Å². The summed E-state index contributed by atoms with van der Waals surface area (Å²) in [6.07, 6.45) is 2.33. The highest BCUT2D eigenvalue weighted by Gasteiger charge is 2.28. The summed E-state index contributed by atoms with van der Waals surface area (Å²) in [7, 11) is 1.72. The summed E-state index contributed by atoms with van der Waals surface area (Å²) in [5, 5.41) is 9.33. The molecule has 1 aromatic carbocycles. The first-order chi connectivity index (χ1) is 14.1. The molecule has 5 rings (SSSR count). The molecule has 1 aliphatic heterocycles. The number of fused-ring (bicyclic) bond motifs is 2. The summed E-state index contributed by atoms with van der Waals surface area (Å²) in [5.74, 6) is 2.00. The van der Waals surface area contributed by atoms with Crippen molar-refractivity contribution in [1.82, 2.24) is 9.55 Å². The highest BCUT2D eigenvalue weighted by atomic mass is 16.6. The molecule has 0 atom stereocenters. The Kier molecular flexibility index (Phi) is 4.13. The second-order valence-corrected chi connectivity index (χ2v) is 7.48. The van der Waals surface area contributed by atoms with Crippen LogP contribution in [-0.4, -0.2) is 29.3 Å². The van der Waals surface area contributed by atoms with Crippen LogP contribution >= 0.6 is 0 Å². The zero-order valence-corrected chi connectivity index (χ0v) is 16.1. The van der Waals surface area contributed by atoms with Gasteiger partial charge in [-0.3, -0.25) is 4.79 Å². The van der Waals surface area contributed by atoms with Crippen LogP contribution in [0, 0.1) is 17.2 Å². The smallest absolute Gasteiger partial charge is 0.252 e. The summed E-state index contributed by atoms with van der Waals surface area (Å²) in [6.45, 7) is 1.83. The fourth-order valence-corrected chi connectivity index (χ4v) is 3.68. The highest BCUT2D eigenvalue weighted by Crippen LogP contribution is 2.40. The predicted octanol–water partition coefficient (Wildman–Crippen LogP) is 3.12. The molecule has 29 heavy (non-hydrogen) atoms. The Morgan fingerprint density at radius 1 is 1.17 bits per heavy atom. The number of anilines is 2. The number of pyridine rings is 2. The van der Waals surface area contributed by atoms with E-state index in [0.29, 0.717) is 47.3 Å². The second kappa shape index (κ2) is 6.82. The molecule has 0 saturated heterocycles. The molecule has 146 valence electrons. The minimum Gasteiger partial charge on any atom is -0.486 e. The van der Waals surface area contributed by atoms with Crippen LogP contribution in [0.5, 0.6) is 11.5 Å². The van der Waals surface area contributed by atoms with E-state index in [1.54, 1.807) is 29.8 Å². The molecule has 0 radical (unpaired) electrons. The SMILES string of the molecule is Cn1c(=O)cc(N(CC2CC2)c2ccc3c(c2)OCCO3)c2nc(C#N)ccc21. The van der Waals surface area contributed by atoms with Crippen molar-refractivity contribution in [1.29, 1.82) is 5.26 Å². The van der Waals surface area contributed by atoms with E-state index in [1.165, 1.54) is 12.8 Å². The first-order valence-electron chi connectivity index (χ1n) is 9.72. The standard InChI is InChI=1S/C22H20N4O3/c1-25-17-6-4-15(12-23)24-22(17)18(11-21(25)27)26(13-14-2-3-14)16-5-7-19-20(10-16)29-9-8-28-19/h4-7,10-11,14H,2-3,8-9,13H2,1H3. The monoisotopic (exact) mass is 388 g/mol. The largest absolute Gasteiger partial charge is 0.486 e. The van der Waals surface area contributed by atoms with Gasteiger partial charge in [0.2, 0.25) is 0 Å². The van der Waals surface area contributed by atoms with Gasteiger partial charge >= 0.3 is 0 Å². The first-order valence-corrected chi connectivity index (χ1v) is 9.72. The van der Waals surface area contributed by atoms with Crippen molar-refractivity contribution in [2.24, 2.45) is 13.0 Å². The Morgan fingerprint density at radius 3 is 2.72 bits per heavy atom. The molecular formula is C22H20N4O3. The maximum Gasteiger partial charge on any atom is 0.252 e. The van der Waals surface area contributed by atoms with E-state index in [9.17, 15) is 10.1 Å². The lowest BCUT2D eigenvalue weighted by Crippen LogP contribution is -2.25. The van der Waals surface area contributed by atoms with Gasteiger partial charge < -0.3 is 18.9 Å². The Bertz CT molecular complexity index is 1210. The number of aryl methyl sites for hydroxylation is 1. The number of benzene rings is 1. The van der Waals surface area contributed by atoms with Gasteiger partial charge in [-0.15, -0.1) is 0 Å². The van der Waals surface area contributed by atoms with Crippen molar-refractivity contribution in [2.75, 3.05) is 24.7 Å². The maximum atomic E-state index is 12.7. The number of hydrogen-bond acceptors (Lipinski definition) is 6. The highest BCUT2D eigenvalue weighted by molar-refractivity contribution is 5.91. The van der Waals surface area contributed by atoms with Gasteiger partial charge in [0.15, 0.2) is 11.5 Å². The molecule has 1 fully saturated rings. The number of nitriles is 1. The fourth-order valence-electron chi connectivity index (χ4n) is 3.68. The molecule has 0 spiro atoms. The van der Waals surface area contributed by atoms with Crippen LogP contribution in [0.3, 0.4) is 0 Å². The summed E-state index contributed by atoms with van der Waals surface area (Å²) in [6, 6.07) is 13.0. The van der Waals surface area contributed by atoms with Gasteiger partial charge in [-0.2, -0.15) is 5.26 Å². The molecular weight excluding hydrogens is 368 g/mol. The van der Waals surface area contributed by atoms with E-state index in [1.807, 2.05) is 18.2 Å². The molecule has 2 aliphatic rings. The van der Waals surface area contributed by atoms with Crippen LogP contribution in [-0.2, 0) is 7.05 Å². The van der Waals surface area contributed by atoms with Gasteiger partial charge in [0.05, 0.1) is 11.2 Å². The number of nitrogens with zero attached hydrogens (tertiary/aromatic N) is 4. The van der Waals surface area contributed by atoms with Crippen molar-refractivity contribution in [3.63, 3.8) is 0 Å². The normalized spacial score (nSPS) is 15.2. The van der Waals surface area contributed by atoms with Gasteiger partial charge in [0.1, 0.15) is 30.5 Å². The topological polar surface area (TPSA) is 80.4 Å². The van der Waals surface area contributed by atoms with Crippen LogP contribution < -0.4 is 19.9 Å². The van der Waals surface area contributed by atoms with E-state index in [-0.39, 0.29) is 5.56 Å². The Balaban J connectivity index is 1.71. The number of ether oxygens (including phenoxy) is 2. The van der Waals surface area contributed by atoms with Crippen molar-refractivity contribution in [3.05, 3.63) is 52.4 Å². The van der Waals surface area contributed by atoms with E-state index in [4.69, 9.17) is 9.47 Å². The van der Waals surface area contributed by atoms with Crippen LogP contribution in [0.1, 0.15) is 18.5 Å². The Hall–Kier alpha value is -3.53. The quantitative estimate of drug-likeness (QED) is 0.683. The van der Waals surface area contributed by atoms with Gasteiger partial charge in [-0.05, 0) is 43.0 Å². The summed E-state index contributed by atoms with van der Waals surface area (Å²) < 4.78 is 13.0. The molecule has 0 bridgehead atoms. The minimum absolute atomic E-state index is 0.114. The molecule has 0 N–H and O–H groups in total. The summed E-state index contributed by atoms with van der Waals surface area (Å²) in [4.78, 5) is 19.3. The third-order valence-corrected chi connectivity index (χ3v) is 5.45. The van der Waals surface area contributed by atoms with Crippen molar-refractivity contribution < 1.29 is 9.47 Å². The minimum atomic E-state index is -0.114. The van der Waals surface area contributed by atoms with E-state index in [0.717, 1.165) is 18.0 Å². The molecule has 3 heterocycles. The average Bonchev–Trinajstić information content (AvgIpc) is 3.58. The zero-order valence-electron chi connectivity index (χ0n) is 16.1. The average molecular weight is 388 g/mol. The van der Waals surface area contributed by atoms with Crippen LogP contribution in [0.15, 0.2) is 41.2 Å². The molecule has 0 unspecified atom stereocenters. The van der Waals surface area contributed by atoms with Gasteiger partial charge in [0.25, 0.3) is 5.56 Å². The molecule has 7 heteroatoms. The molecule has 2 aromatic heterocycles. The van der Waals surface area contributed by atoms with E-state index in [2.05, 4.69) is 16.0 Å². The fraction of sp³-hybridized carbons (Fsp3) is 0.318. The molecule has 7 nitrogen and oxygen atoms in total. The number of aromatic nitrogens is 2. The summed E-state index contributed by atoms with van der Waals surface area (Å²) in [5.41, 5.74) is 3.18. The molecule has 1 aliphatic carbocycles. The molecule has 3 aromatic rings. The lowest BCUT2D eigenvalue weighted by Gasteiger charge is -2.28. The Labute approximate surface area is 167 Å². The van der Waals surface area contributed by atoms with Gasteiger partial charge in [0, 0.05) is 31.4 Å².